The summed E-state index contributed by atoms with van der Waals surface area (Å²) in [4.78, 5) is 23.5. The van der Waals surface area contributed by atoms with Crippen LogP contribution in [0.25, 0.3) is 0 Å². The van der Waals surface area contributed by atoms with Gasteiger partial charge in [0.1, 0.15) is 13.2 Å². The number of nitrogens with zero attached hydrogens (tertiary/aromatic N) is 1. The first-order valence-corrected chi connectivity index (χ1v) is 19.7. The average Bonchev–Trinajstić information content (AvgIpc) is 3.33. The Hall–Kier alpha value is -0.460. The number of esters is 1. The van der Waals surface area contributed by atoms with Gasteiger partial charge >= 0.3 is 13.8 Å². The third kappa shape index (κ3) is 19.6. The van der Waals surface area contributed by atoms with Crippen molar-refractivity contribution in [3.63, 3.8) is 0 Å². The van der Waals surface area contributed by atoms with Gasteiger partial charge in [0.05, 0.1) is 39.3 Å². The van der Waals surface area contributed by atoms with Gasteiger partial charge in [0, 0.05) is 0 Å². The summed E-state index contributed by atoms with van der Waals surface area (Å²) in [5.74, 6) is -0.290. The number of likely N-dealkylation sites (N-methyl/N-ethyl adjacent to an activating group) is 1. The van der Waals surface area contributed by atoms with E-state index < -0.39 is 19.3 Å². The first-order chi connectivity index (χ1) is 20.6. The third-order valence-electron chi connectivity index (χ3n) is 9.14. The molecule has 43 heavy (non-hydrogen) atoms. The molecule has 1 N–H and O–H groups in total. The monoisotopic (exact) mass is 633 g/mol. The molecule has 0 heterocycles. The van der Waals surface area contributed by atoms with Gasteiger partial charge in [0.2, 0.25) is 0 Å². The van der Waals surface area contributed by atoms with E-state index in [2.05, 4.69) is 6.92 Å². The maximum atomic E-state index is 13.1. The molecule has 0 radical (unpaired) electrons. The van der Waals surface area contributed by atoms with Crippen molar-refractivity contribution >= 4 is 13.8 Å². The van der Waals surface area contributed by atoms with Crippen LogP contribution in [0.5, 0.6) is 0 Å². The molecule has 3 atom stereocenters. The number of quaternary nitrogens is 1. The van der Waals surface area contributed by atoms with Crippen molar-refractivity contribution in [2.24, 2.45) is 5.41 Å². The quantitative estimate of drug-likeness (QED) is 0.0382. The Bertz CT molecular complexity index is 742. The molecular weight excluding hydrogens is 561 g/mol. The van der Waals surface area contributed by atoms with E-state index in [1.54, 1.807) is 6.92 Å². The van der Waals surface area contributed by atoms with Crippen LogP contribution in [0.15, 0.2) is 0 Å². The maximum Gasteiger partial charge on any atom is 0.472 e. The summed E-state index contributed by atoms with van der Waals surface area (Å²) >= 11 is 0. The number of ether oxygens (including phenoxy) is 1. The highest BCUT2D eigenvalue weighted by Gasteiger charge is 2.52. The molecule has 1 unspecified atom stereocenters. The molecule has 1 aliphatic rings. The Kier molecular flexibility index (Phi) is 22.5. The van der Waals surface area contributed by atoms with E-state index in [4.69, 9.17) is 13.8 Å². The van der Waals surface area contributed by atoms with Crippen molar-refractivity contribution < 1.29 is 32.5 Å². The number of phosphoric ester groups is 1. The van der Waals surface area contributed by atoms with Crippen LogP contribution in [0, 0.1) is 5.41 Å². The second kappa shape index (κ2) is 23.8. The van der Waals surface area contributed by atoms with Crippen molar-refractivity contribution in [3.8, 4) is 0 Å². The van der Waals surface area contributed by atoms with Crippen LogP contribution < -0.4 is 0 Å². The highest BCUT2D eigenvalue weighted by molar-refractivity contribution is 7.47. The SMILES string of the molecule is CCCCCCCCCCCCCCCCCCCCCC[C@@]1(C(=O)OCC)CCC[C@H]1OP(=O)(O)OCC[N+](C)(C)C. The van der Waals surface area contributed by atoms with Gasteiger partial charge in [0.15, 0.2) is 0 Å². The van der Waals surface area contributed by atoms with Crippen molar-refractivity contribution in [2.75, 3.05) is 40.9 Å². The molecule has 0 aliphatic heterocycles. The van der Waals surface area contributed by atoms with Gasteiger partial charge in [0.25, 0.3) is 0 Å². The molecule has 0 bridgehead atoms. The lowest BCUT2D eigenvalue weighted by Gasteiger charge is -2.33. The van der Waals surface area contributed by atoms with Crippen molar-refractivity contribution in [3.05, 3.63) is 0 Å². The summed E-state index contributed by atoms with van der Waals surface area (Å²) in [5, 5.41) is 0. The maximum absolute atomic E-state index is 13.1. The van der Waals surface area contributed by atoms with Crippen LogP contribution in [0.1, 0.15) is 168 Å². The Labute approximate surface area is 266 Å². The van der Waals surface area contributed by atoms with Crippen molar-refractivity contribution in [1.29, 1.82) is 0 Å². The van der Waals surface area contributed by atoms with Crippen LogP contribution in [0.2, 0.25) is 0 Å². The van der Waals surface area contributed by atoms with Gasteiger partial charge in [-0.2, -0.15) is 0 Å². The number of hydrogen-bond donors (Lipinski definition) is 1. The number of phosphoric acid groups is 1. The molecule has 7 nitrogen and oxygen atoms in total. The minimum Gasteiger partial charge on any atom is -0.465 e. The summed E-state index contributed by atoms with van der Waals surface area (Å²) in [6.07, 6.45) is 28.6. The topological polar surface area (TPSA) is 82.1 Å². The van der Waals surface area contributed by atoms with Crippen LogP contribution in [0.4, 0.5) is 0 Å². The van der Waals surface area contributed by atoms with E-state index >= 15 is 0 Å². The van der Waals surface area contributed by atoms with E-state index in [1.165, 1.54) is 109 Å². The van der Waals surface area contributed by atoms with Gasteiger partial charge in [-0.05, 0) is 32.6 Å². The molecule has 0 saturated heterocycles. The summed E-state index contributed by atoms with van der Waals surface area (Å²) in [6, 6.07) is 0. The highest BCUT2D eigenvalue weighted by atomic mass is 31.2. The fraction of sp³-hybridized carbons (Fsp3) is 0.971. The first-order valence-electron chi connectivity index (χ1n) is 18.2. The van der Waals surface area contributed by atoms with E-state index in [1.807, 2.05) is 21.1 Å². The molecular formula is C35H71NO6P+. The zero-order valence-corrected chi connectivity index (χ0v) is 29.9. The molecule has 1 fully saturated rings. The summed E-state index contributed by atoms with van der Waals surface area (Å²) in [5.41, 5.74) is -0.855. The van der Waals surface area contributed by atoms with E-state index in [9.17, 15) is 14.3 Å². The van der Waals surface area contributed by atoms with Gasteiger partial charge < -0.3 is 14.1 Å². The Morgan fingerprint density at radius 1 is 0.767 bits per heavy atom. The van der Waals surface area contributed by atoms with E-state index in [0.717, 1.165) is 25.7 Å². The standard InChI is InChI=1S/C35H70NO6P/c1-6-8-9-10-11-12-13-14-15-16-17-18-19-20-21-22-23-24-25-26-29-35(34(37)40-7-2)30-27-28-33(35)42-43(38,39)41-32-31-36(3,4)5/h33H,6-32H2,1-5H3/p+1/t33-,35-/m1/s1. The molecule has 0 aromatic heterocycles. The number of carbonyl (C=O) groups is 1. The fourth-order valence-electron chi connectivity index (χ4n) is 6.41. The van der Waals surface area contributed by atoms with Crippen LogP contribution >= 0.6 is 7.82 Å². The molecule has 0 amide bonds. The van der Waals surface area contributed by atoms with E-state index in [-0.39, 0.29) is 12.6 Å². The minimum atomic E-state index is -4.26. The van der Waals surface area contributed by atoms with Gasteiger partial charge in [-0.25, -0.2) is 4.57 Å². The average molecular weight is 633 g/mol. The lowest BCUT2D eigenvalue weighted by atomic mass is 9.79. The molecule has 256 valence electrons. The Morgan fingerprint density at radius 3 is 1.63 bits per heavy atom. The third-order valence-corrected chi connectivity index (χ3v) is 10.2. The van der Waals surface area contributed by atoms with Crippen LogP contribution in [0.3, 0.4) is 0 Å². The van der Waals surface area contributed by atoms with Crippen LogP contribution in [-0.4, -0.2) is 62.4 Å². The molecule has 1 saturated carbocycles. The lowest BCUT2D eigenvalue weighted by Crippen LogP contribution is -2.41. The molecule has 1 rings (SSSR count). The Morgan fingerprint density at radius 2 is 1.21 bits per heavy atom. The molecule has 0 aromatic carbocycles. The molecule has 0 aromatic rings. The van der Waals surface area contributed by atoms with E-state index in [0.29, 0.717) is 36.9 Å². The Balaban J connectivity index is 2.19. The predicted octanol–water partition coefficient (Wildman–Crippen LogP) is 10.1. The van der Waals surface area contributed by atoms with Gasteiger partial charge in [-0.1, -0.05) is 135 Å². The van der Waals surface area contributed by atoms with Crippen molar-refractivity contribution in [1.82, 2.24) is 0 Å². The fourth-order valence-corrected chi connectivity index (χ4v) is 7.41. The normalized spacial score (nSPS) is 20.4. The summed E-state index contributed by atoms with van der Waals surface area (Å²) in [7, 11) is 1.72. The number of unbranched alkanes of at least 4 members (excludes halogenated alkanes) is 19. The minimum absolute atomic E-state index is 0.121. The van der Waals surface area contributed by atoms with Gasteiger partial charge in [-0.3, -0.25) is 13.8 Å². The summed E-state index contributed by atoms with van der Waals surface area (Å²) < 4.78 is 29.8. The van der Waals surface area contributed by atoms with Crippen molar-refractivity contribution in [2.45, 2.75) is 174 Å². The smallest absolute Gasteiger partial charge is 0.465 e. The summed E-state index contributed by atoms with van der Waals surface area (Å²) in [6.45, 7) is 5.09. The number of hydrogen-bond acceptors (Lipinski definition) is 5. The van der Waals surface area contributed by atoms with Gasteiger partial charge in [-0.15, -0.1) is 0 Å². The molecule has 8 heteroatoms. The first kappa shape index (κ1) is 40.6. The predicted molar refractivity (Wildman–Crippen MR) is 179 cm³/mol. The molecule has 1 aliphatic carbocycles. The highest BCUT2D eigenvalue weighted by Crippen LogP contribution is 2.54. The zero-order chi connectivity index (χ0) is 31.9. The zero-order valence-electron chi connectivity index (χ0n) is 29.1. The second-order valence-electron chi connectivity index (χ2n) is 14.1. The molecule has 0 spiro atoms. The number of rotatable bonds is 29. The largest absolute Gasteiger partial charge is 0.472 e. The second-order valence-corrected chi connectivity index (χ2v) is 15.6. The van der Waals surface area contributed by atoms with Crippen LogP contribution in [-0.2, 0) is 23.1 Å². The number of carbonyl (C=O) groups excluding carboxylic acids is 1. The lowest BCUT2D eigenvalue weighted by molar-refractivity contribution is -0.870.